The van der Waals surface area contributed by atoms with Gasteiger partial charge in [-0.15, -0.1) is 0 Å². The summed E-state index contributed by atoms with van der Waals surface area (Å²) in [5.41, 5.74) is 3.50. The van der Waals surface area contributed by atoms with Gasteiger partial charge in [0.2, 0.25) is 0 Å². The topological polar surface area (TPSA) is 71.2 Å². The number of Topliss-reactive ketones (excluding diaryl/α,β-unsaturated/α-hetero) is 1. The lowest BCUT2D eigenvalue weighted by Crippen LogP contribution is -2.18. The molecule has 1 heterocycles. The first-order valence-electron chi connectivity index (χ1n) is 7.88. The summed E-state index contributed by atoms with van der Waals surface area (Å²) in [6.07, 6.45) is 3.78. The maximum absolute atomic E-state index is 12.5. The molecule has 1 amide bonds. The highest BCUT2D eigenvalue weighted by Crippen LogP contribution is 2.26. The first-order chi connectivity index (χ1) is 11.1. The number of benzene rings is 1. The predicted molar refractivity (Wildman–Crippen MR) is 88.4 cm³/mol. The standard InChI is InChI=1S/C18H20N2O3/c1-3-23-16-9-12(8-7-11(16)2)20-18(22)13-10-19-14-5-4-6-15(21)17(13)14/h7-10,19H,3-6H2,1-2H3,(H,20,22). The van der Waals surface area contributed by atoms with Crippen LogP contribution in [0.25, 0.3) is 0 Å². The second-order valence-electron chi connectivity index (χ2n) is 5.70. The summed E-state index contributed by atoms with van der Waals surface area (Å²) in [6, 6.07) is 5.53. The maximum Gasteiger partial charge on any atom is 0.257 e. The van der Waals surface area contributed by atoms with E-state index in [2.05, 4.69) is 10.3 Å². The van der Waals surface area contributed by atoms with E-state index in [1.165, 1.54) is 0 Å². The van der Waals surface area contributed by atoms with Gasteiger partial charge < -0.3 is 15.0 Å². The van der Waals surface area contributed by atoms with Crippen LogP contribution in [0.1, 0.15) is 51.7 Å². The fourth-order valence-electron chi connectivity index (χ4n) is 2.90. The number of amides is 1. The molecule has 0 atom stereocenters. The quantitative estimate of drug-likeness (QED) is 0.907. The number of anilines is 1. The molecule has 3 rings (SSSR count). The summed E-state index contributed by atoms with van der Waals surface area (Å²) < 4.78 is 5.55. The van der Waals surface area contributed by atoms with Crippen molar-refractivity contribution in [1.82, 2.24) is 4.98 Å². The van der Waals surface area contributed by atoms with Crippen molar-refractivity contribution in [3.05, 3.63) is 46.8 Å². The molecule has 0 fully saturated rings. The average Bonchev–Trinajstić information content (AvgIpc) is 2.96. The van der Waals surface area contributed by atoms with Gasteiger partial charge in [-0.1, -0.05) is 6.07 Å². The highest BCUT2D eigenvalue weighted by molar-refractivity contribution is 6.13. The van der Waals surface area contributed by atoms with Gasteiger partial charge in [-0.2, -0.15) is 0 Å². The number of hydrogen-bond donors (Lipinski definition) is 2. The molecule has 2 N–H and O–H groups in total. The lowest BCUT2D eigenvalue weighted by atomic mass is 9.93. The maximum atomic E-state index is 12.5. The molecule has 0 spiro atoms. The number of carbonyl (C=O) groups is 2. The van der Waals surface area contributed by atoms with E-state index in [1.54, 1.807) is 12.3 Å². The van der Waals surface area contributed by atoms with E-state index in [-0.39, 0.29) is 11.7 Å². The minimum atomic E-state index is -0.274. The normalized spacial score (nSPS) is 13.6. The first-order valence-corrected chi connectivity index (χ1v) is 7.88. The van der Waals surface area contributed by atoms with Crippen molar-refractivity contribution in [3.8, 4) is 5.75 Å². The Morgan fingerprint density at radius 2 is 2.17 bits per heavy atom. The lowest BCUT2D eigenvalue weighted by molar-refractivity contribution is 0.0956. The Kier molecular flexibility index (Phi) is 4.19. The molecule has 0 aliphatic heterocycles. The van der Waals surface area contributed by atoms with Crippen LogP contribution in [0, 0.1) is 6.92 Å². The summed E-state index contributed by atoms with van der Waals surface area (Å²) in [4.78, 5) is 27.7. The van der Waals surface area contributed by atoms with E-state index >= 15 is 0 Å². The Bertz CT molecular complexity index is 762. The van der Waals surface area contributed by atoms with Gasteiger partial charge in [-0.25, -0.2) is 0 Å². The van der Waals surface area contributed by atoms with Crippen molar-refractivity contribution in [3.63, 3.8) is 0 Å². The van der Waals surface area contributed by atoms with E-state index in [0.29, 0.717) is 29.8 Å². The van der Waals surface area contributed by atoms with Crippen LogP contribution in [-0.2, 0) is 6.42 Å². The Balaban J connectivity index is 1.84. The second kappa shape index (κ2) is 6.28. The number of hydrogen-bond acceptors (Lipinski definition) is 3. The van der Waals surface area contributed by atoms with Crippen LogP contribution in [0.4, 0.5) is 5.69 Å². The largest absolute Gasteiger partial charge is 0.494 e. The molecule has 23 heavy (non-hydrogen) atoms. The third-order valence-electron chi connectivity index (χ3n) is 4.06. The van der Waals surface area contributed by atoms with Crippen molar-refractivity contribution in [2.45, 2.75) is 33.1 Å². The molecule has 1 aromatic heterocycles. The third kappa shape index (κ3) is 2.99. The summed E-state index contributed by atoms with van der Waals surface area (Å²) in [6.45, 7) is 4.44. The molecule has 5 heteroatoms. The number of nitrogens with one attached hydrogen (secondary N) is 2. The molecule has 120 valence electrons. The van der Waals surface area contributed by atoms with Crippen molar-refractivity contribution >= 4 is 17.4 Å². The minimum absolute atomic E-state index is 0.0385. The van der Waals surface area contributed by atoms with Gasteiger partial charge in [0.15, 0.2) is 5.78 Å². The molecule has 5 nitrogen and oxygen atoms in total. The van der Waals surface area contributed by atoms with Crippen LogP contribution < -0.4 is 10.1 Å². The zero-order valence-corrected chi connectivity index (χ0v) is 13.4. The molecular formula is C18H20N2O3. The fraction of sp³-hybridized carbons (Fsp3) is 0.333. The Morgan fingerprint density at radius 3 is 2.96 bits per heavy atom. The van der Waals surface area contributed by atoms with Gasteiger partial charge in [0, 0.05) is 30.1 Å². The van der Waals surface area contributed by atoms with Crippen molar-refractivity contribution in [1.29, 1.82) is 0 Å². The molecule has 0 saturated carbocycles. The van der Waals surface area contributed by atoms with Crippen LogP contribution in [0.15, 0.2) is 24.4 Å². The Hall–Kier alpha value is -2.56. The van der Waals surface area contributed by atoms with Crippen molar-refractivity contribution < 1.29 is 14.3 Å². The number of ketones is 1. The average molecular weight is 312 g/mol. The summed E-state index contributed by atoms with van der Waals surface area (Å²) in [5.74, 6) is 0.512. The zero-order chi connectivity index (χ0) is 16.4. The van der Waals surface area contributed by atoms with Crippen LogP contribution in [-0.4, -0.2) is 23.3 Å². The van der Waals surface area contributed by atoms with Gasteiger partial charge in [0.1, 0.15) is 5.75 Å². The minimum Gasteiger partial charge on any atom is -0.494 e. The van der Waals surface area contributed by atoms with Crippen LogP contribution in [0.3, 0.4) is 0 Å². The van der Waals surface area contributed by atoms with E-state index in [4.69, 9.17) is 4.74 Å². The molecular weight excluding hydrogens is 292 g/mol. The number of carbonyl (C=O) groups excluding carboxylic acids is 2. The number of fused-ring (bicyclic) bond motifs is 1. The Labute approximate surface area is 135 Å². The second-order valence-corrected chi connectivity index (χ2v) is 5.70. The molecule has 1 aliphatic rings. The number of aromatic nitrogens is 1. The van der Waals surface area contributed by atoms with Crippen LogP contribution in [0.5, 0.6) is 5.75 Å². The molecule has 1 aromatic carbocycles. The monoisotopic (exact) mass is 312 g/mol. The molecule has 1 aliphatic carbocycles. The SMILES string of the molecule is CCOc1cc(NC(=O)c2c[nH]c3c2C(=O)CCC3)ccc1C. The van der Waals surface area contributed by atoms with E-state index in [9.17, 15) is 9.59 Å². The van der Waals surface area contributed by atoms with Crippen LogP contribution >= 0.6 is 0 Å². The molecule has 0 bridgehead atoms. The highest BCUT2D eigenvalue weighted by Gasteiger charge is 2.25. The Morgan fingerprint density at radius 1 is 1.35 bits per heavy atom. The van der Waals surface area contributed by atoms with Crippen molar-refractivity contribution in [2.24, 2.45) is 0 Å². The number of aryl methyl sites for hydroxylation is 2. The van der Waals surface area contributed by atoms with Gasteiger partial charge in [0.25, 0.3) is 5.91 Å². The number of rotatable bonds is 4. The van der Waals surface area contributed by atoms with E-state index in [0.717, 1.165) is 29.8 Å². The van der Waals surface area contributed by atoms with Crippen molar-refractivity contribution in [2.75, 3.05) is 11.9 Å². The summed E-state index contributed by atoms with van der Waals surface area (Å²) in [7, 11) is 0. The lowest BCUT2D eigenvalue weighted by Gasteiger charge is -2.13. The smallest absolute Gasteiger partial charge is 0.257 e. The number of ether oxygens (including phenoxy) is 1. The zero-order valence-electron chi connectivity index (χ0n) is 13.4. The summed E-state index contributed by atoms with van der Waals surface area (Å²) in [5, 5.41) is 2.85. The van der Waals surface area contributed by atoms with Gasteiger partial charge in [0.05, 0.1) is 17.7 Å². The van der Waals surface area contributed by atoms with Gasteiger partial charge in [-0.05, 0) is 38.3 Å². The molecule has 0 radical (unpaired) electrons. The van der Waals surface area contributed by atoms with Crippen LogP contribution in [0.2, 0.25) is 0 Å². The molecule has 2 aromatic rings. The van der Waals surface area contributed by atoms with Gasteiger partial charge in [-0.3, -0.25) is 9.59 Å². The predicted octanol–water partition coefficient (Wildman–Crippen LogP) is 3.49. The van der Waals surface area contributed by atoms with E-state index < -0.39 is 0 Å². The fourth-order valence-corrected chi connectivity index (χ4v) is 2.90. The number of H-pyrrole nitrogens is 1. The van der Waals surface area contributed by atoms with Gasteiger partial charge >= 0.3 is 0 Å². The first kappa shape index (κ1) is 15.3. The highest BCUT2D eigenvalue weighted by atomic mass is 16.5. The summed E-state index contributed by atoms with van der Waals surface area (Å²) >= 11 is 0. The third-order valence-corrected chi connectivity index (χ3v) is 4.06. The molecule has 0 saturated heterocycles. The number of aromatic amines is 1. The molecule has 0 unspecified atom stereocenters. The van der Waals surface area contributed by atoms with E-state index in [1.807, 2.05) is 26.0 Å².